The SMILES string of the molecule is O=C1NC(=S)N(c2ccc(Oc3ccccc3)cc2)C(=O)/C1=C/c1coc2ccc(Cl)cc2c1=O. The van der Waals surface area contributed by atoms with Crippen LogP contribution in [0.4, 0.5) is 5.69 Å². The number of benzene rings is 3. The summed E-state index contributed by atoms with van der Waals surface area (Å²) >= 11 is 11.2. The number of anilines is 1. The summed E-state index contributed by atoms with van der Waals surface area (Å²) in [6.07, 6.45) is 2.38. The van der Waals surface area contributed by atoms with Gasteiger partial charge in [0.05, 0.1) is 16.6 Å². The third-order valence-corrected chi connectivity index (χ3v) is 5.76. The van der Waals surface area contributed by atoms with Crippen molar-refractivity contribution >= 4 is 63.5 Å². The van der Waals surface area contributed by atoms with Crippen molar-refractivity contribution in [3.63, 3.8) is 0 Å². The van der Waals surface area contributed by atoms with Crippen LogP contribution in [0.25, 0.3) is 17.0 Å². The number of fused-ring (bicyclic) bond motifs is 1. The van der Waals surface area contributed by atoms with Crippen LogP contribution in [0.3, 0.4) is 0 Å². The third kappa shape index (κ3) is 4.44. The van der Waals surface area contributed by atoms with Gasteiger partial charge < -0.3 is 9.15 Å². The van der Waals surface area contributed by atoms with E-state index in [4.69, 9.17) is 33.0 Å². The molecule has 2 heterocycles. The summed E-state index contributed by atoms with van der Waals surface area (Å²) in [6.45, 7) is 0. The van der Waals surface area contributed by atoms with Crippen molar-refractivity contribution in [1.29, 1.82) is 0 Å². The Bertz CT molecular complexity index is 1580. The Morgan fingerprint density at radius 1 is 0.943 bits per heavy atom. The lowest BCUT2D eigenvalue weighted by molar-refractivity contribution is -0.122. The number of hydrogen-bond donors (Lipinski definition) is 1. The van der Waals surface area contributed by atoms with Gasteiger partial charge in [-0.25, -0.2) is 0 Å². The lowest BCUT2D eigenvalue weighted by Crippen LogP contribution is -2.54. The fourth-order valence-electron chi connectivity index (χ4n) is 3.55. The topological polar surface area (TPSA) is 88.8 Å². The molecule has 3 aromatic carbocycles. The quantitative estimate of drug-likeness (QED) is 0.238. The molecule has 5 rings (SSSR count). The van der Waals surface area contributed by atoms with E-state index in [0.29, 0.717) is 27.8 Å². The Morgan fingerprint density at radius 2 is 1.66 bits per heavy atom. The van der Waals surface area contributed by atoms with Crippen LogP contribution in [0.15, 0.2) is 93.8 Å². The molecule has 0 aliphatic carbocycles. The molecule has 4 aromatic rings. The number of carbonyl (C=O) groups is 2. The molecule has 1 saturated heterocycles. The van der Waals surface area contributed by atoms with E-state index in [9.17, 15) is 14.4 Å². The standard InChI is InChI=1S/C26H15ClN2O5S/c27-16-6-11-22-20(13-16)23(30)15(14-33-22)12-21-24(31)28-26(35)29(25(21)32)17-7-9-19(10-8-17)34-18-4-2-1-3-5-18/h1-14H,(H,28,31,35)/b21-12+. The van der Waals surface area contributed by atoms with Gasteiger partial charge in [0, 0.05) is 5.02 Å². The maximum Gasteiger partial charge on any atom is 0.270 e. The zero-order valence-electron chi connectivity index (χ0n) is 17.9. The molecular formula is C26H15ClN2O5S. The van der Waals surface area contributed by atoms with Crippen LogP contribution < -0.4 is 20.4 Å². The number of nitrogens with one attached hydrogen (secondary N) is 1. The number of thiocarbonyl (C=S) groups is 1. The monoisotopic (exact) mass is 502 g/mol. The van der Waals surface area contributed by atoms with Gasteiger partial charge in [0.25, 0.3) is 11.8 Å². The Balaban J connectivity index is 1.47. The minimum atomic E-state index is -0.717. The maximum atomic E-state index is 13.3. The first-order valence-electron chi connectivity index (χ1n) is 10.4. The molecule has 172 valence electrons. The van der Waals surface area contributed by atoms with E-state index < -0.39 is 17.2 Å². The number of hydrogen-bond acceptors (Lipinski definition) is 6. The first kappa shape index (κ1) is 22.5. The molecule has 35 heavy (non-hydrogen) atoms. The molecule has 0 atom stereocenters. The molecule has 0 saturated carbocycles. The van der Waals surface area contributed by atoms with Gasteiger partial charge in [-0.2, -0.15) is 0 Å². The summed E-state index contributed by atoms with van der Waals surface area (Å²) in [7, 11) is 0. The van der Waals surface area contributed by atoms with Gasteiger partial charge in [0.1, 0.15) is 28.9 Å². The van der Waals surface area contributed by atoms with Crippen LogP contribution in [0.1, 0.15) is 5.56 Å². The van der Waals surface area contributed by atoms with Crippen molar-refractivity contribution in [2.45, 2.75) is 0 Å². The number of rotatable bonds is 4. The van der Waals surface area contributed by atoms with Crippen LogP contribution in [-0.4, -0.2) is 16.9 Å². The lowest BCUT2D eigenvalue weighted by atomic mass is 10.1. The second-order valence-corrected chi connectivity index (χ2v) is 8.35. The van der Waals surface area contributed by atoms with E-state index >= 15 is 0 Å². The van der Waals surface area contributed by atoms with Gasteiger partial charge >= 0.3 is 0 Å². The van der Waals surface area contributed by atoms with Crippen molar-refractivity contribution in [3.05, 3.63) is 105 Å². The molecule has 1 N–H and O–H groups in total. The Kier molecular flexibility index (Phi) is 5.90. The van der Waals surface area contributed by atoms with E-state index in [0.717, 1.165) is 0 Å². The number of halogens is 1. The normalized spacial score (nSPS) is 14.9. The predicted molar refractivity (Wildman–Crippen MR) is 137 cm³/mol. The van der Waals surface area contributed by atoms with E-state index in [1.165, 1.54) is 23.3 Å². The molecule has 1 aliphatic heterocycles. The predicted octanol–water partition coefficient (Wildman–Crippen LogP) is 5.07. The number of carbonyl (C=O) groups excluding carboxylic acids is 2. The van der Waals surface area contributed by atoms with Crippen LogP contribution in [0, 0.1) is 0 Å². The summed E-state index contributed by atoms with van der Waals surface area (Å²) < 4.78 is 11.3. The fourth-order valence-corrected chi connectivity index (χ4v) is 4.01. The average Bonchev–Trinajstić information content (AvgIpc) is 2.85. The summed E-state index contributed by atoms with van der Waals surface area (Å²) in [5, 5.41) is 3.01. The van der Waals surface area contributed by atoms with Crippen LogP contribution >= 0.6 is 23.8 Å². The Labute approximate surface area is 209 Å². The van der Waals surface area contributed by atoms with E-state index in [2.05, 4.69) is 5.32 Å². The number of nitrogens with zero attached hydrogens (tertiary/aromatic N) is 1. The highest BCUT2D eigenvalue weighted by Crippen LogP contribution is 2.27. The van der Waals surface area contributed by atoms with E-state index in [1.54, 1.807) is 36.4 Å². The van der Waals surface area contributed by atoms with E-state index in [1.807, 2.05) is 30.3 Å². The number of ether oxygens (including phenoxy) is 1. The molecule has 0 bridgehead atoms. The largest absolute Gasteiger partial charge is 0.463 e. The van der Waals surface area contributed by atoms with Crippen LogP contribution in [0.5, 0.6) is 11.5 Å². The molecule has 2 amide bonds. The highest BCUT2D eigenvalue weighted by atomic mass is 35.5. The van der Waals surface area contributed by atoms with Crippen LogP contribution in [0.2, 0.25) is 5.02 Å². The van der Waals surface area contributed by atoms with Gasteiger partial charge in [0.2, 0.25) is 0 Å². The van der Waals surface area contributed by atoms with Gasteiger partial charge in [-0.05, 0) is 72.9 Å². The molecule has 0 spiro atoms. The molecule has 1 fully saturated rings. The summed E-state index contributed by atoms with van der Waals surface area (Å²) in [6, 6.07) is 20.5. The molecular weight excluding hydrogens is 488 g/mol. The third-order valence-electron chi connectivity index (χ3n) is 5.24. The smallest absolute Gasteiger partial charge is 0.270 e. The molecule has 1 aromatic heterocycles. The lowest BCUT2D eigenvalue weighted by Gasteiger charge is -2.29. The molecule has 7 nitrogen and oxygen atoms in total. The first-order chi connectivity index (χ1) is 16.9. The molecule has 1 aliphatic rings. The van der Waals surface area contributed by atoms with Gasteiger partial charge in [-0.15, -0.1) is 0 Å². The second-order valence-electron chi connectivity index (χ2n) is 7.53. The van der Waals surface area contributed by atoms with Crippen LogP contribution in [-0.2, 0) is 9.59 Å². The van der Waals surface area contributed by atoms with Crippen molar-refractivity contribution < 1.29 is 18.7 Å². The van der Waals surface area contributed by atoms with Crippen molar-refractivity contribution in [3.8, 4) is 11.5 Å². The maximum absolute atomic E-state index is 13.3. The zero-order valence-corrected chi connectivity index (χ0v) is 19.4. The molecule has 0 radical (unpaired) electrons. The fraction of sp³-hybridized carbons (Fsp3) is 0. The van der Waals surface area contributed by atoms with Gasteiger partial charge in [-0.1, -0.05) is 29.8 Å². The summed E-state index contributed by atoms with van der Waals surface area (Å²) in [5.74, 6) is -0.174. The number of para-hydroxylation sites is 1. The van der Waals surface area contributed by atoms with Gasteiger partial charge in [0.15, 0.2) is 10.5 Å². The first-order valence-corrected chi connectivity index (χ1v) is 11.1. The Morgan fingerprint density at radius 3 is 2.40 bits per heavy atom. The Hall–Kier alpha value is -4.27. The van der Waals surface area contributed by atoms with Crippen molar-refractivity contribution in [2.75, 3.05) is 4.90 Å². The summed E-state index contributed by atoms with van der Waals surface area (Å²) in [4.78, 5) is 40.0. The molecule has 9 heteroatoms. The highest BCUT2D eigenvalue weighted by Gasteiger charge is 2.34. The second kappa shape index (κ2) is 9.17. The minimum absolute atomic E-state index is 0.0256. The van der Waals surface area contributed by atoms with E-state index in [-0.39, 0.29) is 21.6 Å². The van der Waals surface area contributed by atoms with Crippen molar-refractivity contribution in [1.82, 2.24) is 5.32 Å². The molecule has 0 unspecified atom stereocenters. The van der Waals surface area contributed by atoms with Crippen molar-refractivity contribution in [2.24, 2.45) is 0 Å². The minimum Gasteiger partial charge on any atom is -0.463 e. The average molecular weight is 503 g/mol. The summed E-state index contributed by atoms with van der Waals surface area (Å²) in [5.41, 5.74) is 0.0868. The number of amides is 2. The zero-order chi connectivity index (χ0) is 24.5. The highest BCUT2D eigenvalue weighted by molar-refractivity contribution is 7.80. The van der Waals surface area contributed by atoms with Gasteiger partial charge in [-0.3, -0.25) is 24.6 Å².